The molecule has 2 rings (SSSR count). The Bertz CT molecular complexity index is 621. The molecule has 0 aliphatic carbocycles. The van der Waals surface area contributed by atoms with E-state index < -0.39 is 17.6 Å². The fourth-order valence-electron chi connectivity index (χ4n) is 1.78. The first-order valence-corrected chi connectivity index (χ1v) is 5.28. The van der Waals surface area contributed by atoms with Crippen molar-refractivity contribution in [1.82, 2.24) is 0 Å². The van der Waals surface area contributed by atoms with Crippen LogP contribution in [0.25, 0.3) is 11.1 Å². The Morgan fingerprint density at radius 2 is 1.72 bits per heavy atom. The summed E-state index contributed by atoms with van der Waals surface area (Å²) in [5, 5.41) is 9.10. The van der Waals surface area contributed by atoms with Crippen molar-refractivity contribution in [3.05, 3.63) is 59.2 Å². The van der Waals surface area contributed by atoms with Gasteiger partial charge in [0.1, 0.15) is 11.6 Å². The highest BCUT2D eigenvalue weighted by molar-refractivity contribution is 5.96. The molecular weight excluding hydrogens is 238 g/mol. The topological polar surface area (TPSA) is 37.3 Å². The minimum absolute atomic E-state index is 0.000471. The molecule has 0 spiro atoms. The Balaban J connectivity index is 2.67. The van der Waals surface area contributed by atoms with Crippen LogP contribution in [0.1, 0.15) is 15.9 Å². The quantitative estimate of drug-likeness (QED) is 0.880. The lowest BCUT2D eigenvalue weighted by Crippen LogP contribution is -2.01. The minimum Gasteiger partial charge on any atom is -0.478 e. The average Bonchev–Trinajstić information content (AvgIpc) is 2.29. The van der Waals surface area contributed by atoms with Gasteiger partial charge < -0.3 is 5.11 Å². The first-order chi connectivity index (χ1) is 8.49. The third-order valence-electron chi connectivity index (χ3n) is 2.63. The van der Waals surface area contributed by atoms with Gasteiger partial charge in [0.05, 0.1) is 5.56 Å². The highest BCUT2D eigenvalue weighted by Gasteiger charge is 2.15. The monoisotopic (exact) mass is 248 g/mol. The second-order valence-corrected chi connectivity index (χ2v) is 3.98. The molecule has 0 radical (unpaired) electrons. The van der Waals surface area contributed by atoms with E-state index in [1.165, 1.54) is 18.2 Å². The number of hydrogen-bond donors (Lipinski definition) is 1. The number of aryl methyl sites for hydroxylation is 1. The summed E-state index contributed by atoms with van der Waals surface area (Å²) in [5.74, 6) is -2.61. The molecule has 18 heavy (non-hydrogen) atoms. The van der Waals surface area contributed by atoms with Crippen LogP contribution in [0.4, 0.5) is 8.78 Å². The van der Waals surface area contributed by atoms with Crippen molar-refractivity contribution in [3.63, 3.8) is 0 Å². The molecular formula is C14H10F2O2. The zero-order valence-corrected chi connectivity index (χ0v) is 9.58. The molecule has 0 amide bonds. The summed E-state index contributed by atoms with van der Waals surface area (Å²) in [4.78, 5) is 11.1. The third-order valence-corrected chi connectivity index (χ3v) is 2.63. The maximum Gasteiger partial charge on any atom is 0.336 e. The molecule has 0 fully saturated rings. The van der Waals surface area contributed by atoms with Gasteiger partial charge in [-0.2, -0.15) is 0 Å². The standard InChI is InChI=1S/C14H10F2O2/c1-8-2-4-10(12(6-8)14(17)18)11-5-3-9(15)7-13(11)16/h2-7H,1H3,(H,17,18). The average molecular weight is 248 g/mol. The summed E-state index contributed by atoms with van der Waals surface area (Å²) in [7, 11) is 0. The molecule has 0 aromatic heterocycles. The Kier molecular flexibility index (Phi) is 3.10. The molecule has 0 saturated heterocycles. The Labute approximate surface area is 103 Å². The molecule has 0 atom stereocenters. The number of carbonyl (C=O) groups is 1. The second kappa shape index (κ2) is 4.56. The van der Waals surface area contributed by atoms with E-state index in [0.717, 1.165) is 17.7 Å². The first kappa shape index (κ1) is 12.2. The molecule has 1 N–H and O–H groups in total. The van der Waals surface area contributed by atoms with E-state index in [1.807, 2.05) is 0 Å². The maximum atomic E-state index is 13.6. The zero-order valence-electron chi connectivity index (χ0n) is 9.58. The first-order valence-electron chi connectivity index (χ1n) is 5.28. The SMILES string of the molecule is Cc1ccc(-c2ccc(F)cc2F)c(C(=O)O)c1. The lowest BCUT2D eigenvalue weighted by Gasteiger charge is -2.08. The molecule has 0 bridgehead atoms. The number of aromatic carboxylic acids is 1. The number of halogens is 2. The molecule has 0 unspecified atom stereocenters. The van der Waals surface area contributed by atoms with Crippen LogP contribution >= 0.6 is 0 Å². The van der Waals surface area contributed by atoms with Crippen molar-refractivity contribution in [2.45, 2.75) is 6.92 Å². The number of benzene rings is 2. The normalized spacial score (nSPS) is 10.4. The van der Waals surface area contributed by atoms with Gasteiger partial charge in [-0.05, 0) is 30.7 Å². The predicted molar refractivity (Wildman–Crippen MR) is 63.5 cm³/mol. The smallest absolute Gasteiger partial charge is 0.336 e. The summed E-state index contributed by atoms with van der Waals surface area (Å²) in [5.41, 5.74) is 1.08. The van der Waals surface area contributed by atoms with E-state index in [2.05, 4.69) is 0 Å². The van der Waals surface area contributed by atoms with Crippen molar-refractivity contribution < 1.29 is 18.7 Å². The van der Waals surface area contributed by atoms with Crippen LogP contribution in [0.15, 0.2) is 36.4 Å². The van der Waals surface area contributed by atoms with Crippen molar-refractivity contribution >= 4 is 5.97 Å². The van der Waals surface area contributed by atoms with Crippen molar-refractivity contribution in [2.24, 2.45) is 0 Å². The highest BCUT2D eigenvalue weighted by atomic mass is 19.1. The fraction of sp³-hybridized carbons (Fsp3) is 0.0714. The summed E-state index contributed by atoms with van der Waals surface area (Å²) in [6.07, 6.45) is 0. The van der Waals surface area contributed by atoms with Crippen molar-refractivity contribution in [1.29, 1.82) is 0 Å². The van der Waals surface area contributed by atoms with Gasteiger partial charge in [0.25, 0.3) is 0 Å². The van der Waals surface area contributed by atoms with Gasteiger partial charge in [0.15, 0.2) is 0 Å². The Morgan fingerprint density at radius 3 is 2.33 bits per heavy atom. The summed E-state index contributed by atoms with van der Waals surface area (Å²) < 4.78 is 26.5. The fourth-order valence-corrected chi connectivity index (χ4v) is 1.78. The molecule has 2 aromatic carbocycles. The van der Waals surface area contributed by atoms with Crippen LogP contribution in [-0.4, -0.2) is 11.1 Å². The zero-order chi connectivity index (χ0) is 13.3. The van der Waals surface area contributed by atoms with E-state index >= 15 is 0 Å². The number of rotatable bonds is 2. The molecule has 0 heterocycles. The van der Waals surface area contributed by atoms with E-state index in [0.29, 0.717) is 0 Å². The summed E-state index contributed by atoms with van der Waals surface area (Å²) in [6.45, 7) is 1.75. The van der Waals surface area contributed by atoms with Crippen LogP contribution < -0.4 is 0 Å². The van der Waals surface area contributed by atoms with Crippen molar-refractivity contribution in [3.8, 4) is 11.1 Å². The van der Waals surface area contributed by atoms with Gasteiger partial charge in [-0.15, -0.1) is 0 Å². The summed E-state index contributed by atoms with van der Waals surface area (Å²) >= 11 is 0. The number of hydrogen-bond acceptors (Lipinski definition) is 1. The molecule has 2 nitrogen and oxygen atoms in total. The molecule has 0 saturated carbocycles. The van der Waals surface area contributed by atoms with E-state index in [4.69, 9.17) is 5.11 Å². The van der Waals surface area contributed by atoms with Gasteiger partial charge in [0, 0.05) is 11.6 Å². The lowest BCUT2D eigenvalue weighted by atomic mass is 9.97. The molecule has 0 aliphatic heterocycles. The molecule has 2 aromatic rings. The number of carboxylic acid groups (broad SMARTS) is 1. The number of carboxylic acids is 1. The summed E-state index contributed by atoms with van der Waals surface area (Å²) in [6, 6.07) is 7.74. The van der Waals surface area contributed by atoms with Crippen LogP contribution in [-0.2, 0) is 0 Å². The van der Waals surface area contributed by atoms with Crippen LogP contribution in [0, 0.1) is 18.6 Å². The van der Waals surface area contributed by atoms with Gasteiger partial charge >= 0.3 is 5.97 Å². The third kappa shape index (κ3) is 2.22. The largest absolute Gasteiger partial charge is 0.478 e. The molecule has 4 heteroatoms. The highest BCUT2D eigenvalue weighted by Crippen LogP contribution is 2.27. The van der Waals surface area contributed by atoms with E-state index in [-0.39, 0.29) is 16.7 Å². The Morgan fingerprint density at radius 1 is 1.06 bits per heavy atom. The predicted octanol–water partition coefficient (Wildman–Crippen LogP) is 3.64. The van der Waals surface area contributed by atoms with Gasteiger partial charge in [-0.1, -0.05) is 17.7 Å². The molecule has 92 valence electrons. The van der Waals surface area contributed by atoms with Crippen LogP contribution in [0.3, 0.4) is 0 Å². The van der Waals surface area contributed by atoms with E-state index in [9.17, 15) is 13.6 Å². The van der Waals surface area contributed by atoms with Crippen LogP contribution in [0.5, 0.6) is 0 Å². The van der Waals surface area contributed by atoms with Gasteiger partial charge in [-0.25, -0.2) is 13.6 Å². The second-order valence-electron chi connectivity index (χ2n) is 3.98. The minimum atomic E-state index is -1.14. The van der Waals surface area contributed by atoms with Gasteiger partial charge in [-0.3, -0.25) is 0 Å². The van der Waals surface area contributed by atoms with Crippen LogP contribution in [0.2, 0.25) is 0 Å². The lowest BCUT2D eigenvalue weighted by molar-refractivity contribution is 0.0697. The van der Waals surface area contributed by atoms with Crippen molar-refractivity contribution in [2.75, 3.05) is 0 Å². The molecule has 0 aliphatic rings. The van der Waals surface area contributed by atoms with E-state index in [1.54, 1.807) is 13.0 Å². The Hall–Kier alpha value is -2.23. The van der Waals surface area contributed by atoms with Gasteiger partial charge in [0.2, 0.25) is 0 Å². The maximum absolute atomic E-state index is 13.6.